The van der Waals surface area contributed by atoms with Gasteiger partial charge in [-0.15, -0.1) is 0 Å². The van der Waals surface area contributed by atoms with Crippen LogP contribution in [0.5, 0.6) is 0 Å². The van der Waals surface area contributed by atoms with E-state index in [9.17, 15) is 5.11 Å². The second-order valence-corrected chi connectivity index (χ2v) is 6.39. The first kappa shape index (κ1) is 14.8. The van der Waals surface area contributed by atoms with E-state index in [2.05, 4.69) is 64.8 Å². The number of nitrogens with zero attached hydrogens (tertiary/aromatic N) is 2. The van der Waals surface area contributed by atoms with Gasteiger partial charge in [0, 0.05) is 41.9 Å². The molecule has 1 fully saturated rings. The van der Waals surface area contributed by atoms with Crippen molar-refractivity contribution < 1.29 is 5.11 Å². The lowest BCUT2D eigenvalue weighted by Crippen LogP contribution is -2.56. The van der Waals surface area contributed by atoms with E-state index in [0.29, 0.717) is 12.1 Å². The highest BCUT2D eigenvalue weighted by molar-refractivity contribution is 9.10. The molecule has 1 aromatic rings. The van der Waals surface area contributed by atoms with Gasteiger partial charge in [0.1, 0.15) is 0 Å². The summed E-state index contributed by atoms with van der Waals surface area (Å²) in [5, 5.41) is 9.28. The SMILES string of the molecule is Cc1ccc(N2CC(C)N(C)CC2CCO)cc1Br. The Balaban J connectivity index is 2.25. The number of likely N-dealkylation sites (N-methyl/N-ethyl adjacent to an activating group) is 1. The van der Waals surface area contributed by atoms with Gasteiger partial charge in [0.15, 0.2) is 0 Å². The Kier molecular flexibility index (Phi) is 4.87. The number of anilines is 1. The Bertz CT molecular complexity index is 438. The largest absolute Gasteiger partial charge is 0.396 e. The minimum absolute atomic E-state index is 0.246. The van der Waals surface area contributed by atoms with Gasteiger partial charge in [0.2, 0.25) is 0 Å². The highest BCUT2D eigenvalue weighted by Crippen LogP contribution is 2.28. The third kappa shape index (κ3) is 3.30. The van der Waals surface area contributed by atoms with Crippen molar-refractivity contribution in [2.75, 3.05) is 31.6 Å². The molecule has 0 radical (unpaired) electrons. The first-order valence-electron chi connectivity index (χ1n) is 6.87. The minimum Gasteiger partial charge on any atom is -0.396 e. The van der Waals surface area contributed by atoms with Crippen LogP contribution in [0, 0.1) is 6.92 Å². The lowest BCUT2D eigenvalue weighted by molar-refractivity contribution is 0.177. The summed E-state index contributed by atoms with van der Waals surface area (Å²) in [5.41, 5.74) is 2.50. The summed E-state index contributed by atoms with van der Waals surface area (Å²) in [5.74, 6) is 0. The Labute approximate surface area is 124 Å². The average molecular weight is 327 g/mol. The van der Waals surface area contributed by atoms with Crippen LogP contribution in [0.25, 0.3) is 0 Å². The number of aryl methyl sites for hydroxylation is 1. The van der Waals surface area contributed by atoms with E-state index in [1.807, 2.05) is 0 Å². The molecule has 4 heteroatoms. The average Bonchev–Trinajstić information content (AvgIpc) is 2.37. The quantitative estimate of drug-likeness (QED) is 0.925. The van der Waals surface area contributed by atoms with Crippen molar-refractivity contribution in [3.63, 3.8) is 0 Å². The first-order chi connectivity index (χ1) is 9.02. The normalized spacial score (nSPS) is 24.8. The molecule has 106 valence electrons. The van der Waals surface area contributed by atoms with Gasteiger partial charge in [-0.3, -0.25) is 4.90 Å². The van der Waals surface area contributed by atoms with Crippen molar-refractivity contribution in [3.05, 3.63) is 28.2 Å². The molecule has 0 bridgehead atoms. The minimum atomic E-state index is 0.246. The van der Waals surface area contributed by atoms with Crippen molar-refractivity contribution in [1.29, 1.82) is 0 Å². The molecule has 19 heavy (non-hydrogen) atoms. The molecule has 0 amide bonds. The van der Waals surface area contributed by atoms with Gasteiger partial charge in [-0.1, -0.05) is 22.0 Å². The molecule has 0 aliphatic carbocycles. The maximum absolute atomic E-state index is 9.28. The zero-order valence-electron chi connectivity index (χ0n) is 11.9. The molecule has 1 N–H and O–H groups in total. The third-order valence-corrected chi connectivity index (χ3v) is 4.96. The van der Waals surface area contributed by atoms with E-state index in [4.69, 9.17) is 0 Å². The molecule has 1 heterocycles. The van der Waals surface area contributed by atoms with Crippen LogP contribution >= 0.6 is 15.9 Å². The summed E-state index contributed by atoms with van der Waals surface area (Å²) in [7, 11) is 2.16. The van der Waals surface area contributed by atoms with Crippen molar-refractivity contribution in [2.45, 2.75) is 32.4 Å². The summed E-state index contributed by atoms with van der Waals surface area (Å²) in [6.45, 7) is 6.62. The number of aliphatic hydroxyl groups is 1. The van der Waals surface area contributed by atoms with E-state index < -0.39 is 0 Å². The van der Waals surface area contributed by atoms with Crippen LogP contribution in [0.2, 0.25) is 0 Å². The molecule has 0 saturated carbocycles. The lowest BCUT2D eigenvalue weighted by atomic mass is 10.0. The number of rotatable bonds is 3. The predicted molar refractivity (Wildman–Crippen MR) is 83.8 cm³/mol. The summed E-state index contributed by atoms with van der Waals surface area (Å²) in [6, 6.07) is 7.45. The standard InChI is InChI=1S/C15H23BrN2O/c1-11-4-5-13(8-15(11)16)18-9-12(2)17(3)10-14(18)6-7-19/h4-5,8,12,14,19H,6-7,9-10H2,1-3H3. The fourth-order valence-corrected chi connectivity index (χ4v) is 3.02. The van der Waals surface area contributed by atoms with Crippen molar-refractivity contribution in [2.24, 2.45) is 0 Å². The van der Waals surface area contributed by atoms with E-state index in [0.717, 1.165) is 24.0 Å². The van der Waals surface area contributed by atoms with Crippen LogP contribution in [-0.4, -0.2) is 48.8 Å². The molecule has 1 aliphatic heterocycles. The third-order valence-electron chi connectivity index (χ3n) is 4.10. The summed E-state index contributed by atoms with van der Waals surface area (Å²) in [6.07, 6.45) is 0.822. The molecule has 0 aromatic heterocycles. The maximum Gasteiger partial charge on any atom is 0.0451 e. The smallest absolute Gasteiger partial charge is 0.0451 e. The van der Waals surface area contributed by atoms with Crippen LogP contribution in [0.1, 0.15) is 18.9 Å². The Hall–Kier alpha value is -0.580. The second-order valence-electron chi connectivity index (χ2n) is 5.54. The summed E-state index contributed by atoms with van der Waals surface area (Å²) < 4.78 is 1.15. The van der Waals surface area contributed by atoms with Gasteiger partial charge in [-0.05, 0) is 45.0 Å². The number of hydrogen-bond acceptors (Lipinski definition) is 3. The van der Waals surface area contributed by atoms with E-state index in [1.54, 1.807) is 0 Å². The van der Waals surface area contributed by atoms with Gasteiger partial charge in [-0.2, -0.15) is 0 Å². The Morgan fingerprint density at radius 3 is 2.74 bits per heavy atom. The number of hydrogen-bond donors (Lipinski definition) is 1. The predicted octanol–water partition coefficient (Wildman–Crippen LogP) is 2.65. The fraction of sp³-hybridized carbons (Fsp3) is 0.600. The molecule has 2 unspecified atom stereocenters. The maximum atomic E-state index is 9.28. The molecule has 0 spiro atoms. The Morgan fingerprint density at radius 2 is 2.11 bits per heavy atom. The van der Waals surface area contributed by atoms with Crippen LogP contribution < -0.4 is 4.90 Å². The molecular weight excluding hydrogens is 304 g/mol. The van der Waals surface area contributed by atoms with Crippen LogP contribution in [-0.2, 0) is 0 Å². The number of halogens is 1. The van der Waals surface area contributed by atoms with Crippen LogP contribution in [0.3, 0.4) is 0 Å². The highest BCUT2D eigenvalue weighted by atomic mass is 79.9. The van der Waals surface area contributed by atoms with E-state index in [-0.39, 0.29) is 6.61 Å². The van der Waals surface area contributed by atoms with E-state index in [1.165, 1.54) is 11.3 Å². The monoisotopic (exact) mass is 326 g/mol. The fourth-order valence-electron chi connectivity index (χ4n) is 2.66. The van der Waals surface area contributed by atoms with Crippen molar-refractivity contribution in [1.82, 2.24) is 4.90 Å². The molecule has 1 aliphatic rings. The number of benzene rings is 1. The van der Waals surface area contributed by atoms with Gasteiger partial charge in [0.25, 0.3) is 0 Å². The molecule has 2 rings (SSSR count). The van der Waals surface area contributed by atoms with Crippen molar-refractivity contribution in [3.8, 4) is 0 Å². The Morgan fingerprint density at radius 1 is 1.37 bits per heavy atom. The molecule has 3 nitrogen and oxygen atoms in total. The summed E-state index contributed by atoms with van der Waals surface area (Å²) >= 11 is 3.61. The highest BCUT2D eigenvalue weighted by Gasteiger charge is 2.29. The topological polar surface area (TPSA) is 26.7 Å². The van der Waals surface area contributed by atoms with Gasteiger partial charge in [0.05, 0.1) is 0 Å². The van der Waals surface area contributed by atoms with Gasteiger partial charge in [-0.25, -0.2) is 0 Å². The number of piperazine rings is 1. The zero-order valence-corrected chi connectivity index (χ0v) is 13.5. The summed E-state index contributed by atoms with van der Waals surface area (Å²) in [4.78, 5) is 4.81. The van der Waals surface area contributed by atoms with Crippen LogP contribution in [0.15, 0.2) is 22.7 Å². The number of aliphatic hydroxyl groups excluding tert-OH is 1. The second kappa shape index (κ2) is 6.25. The zero-order chi connectivity index (χ0) is 14.0. The lowest BCUT2D eigenvalue weighted by Gasteiger charge is -2.45. The van der Waals surface area contributed by atoms with E-state index >= 15 is 0 Å². The van der Waals surface area contributed by atoms with Gasteiger partial charge < -0.3 is 10.0 Å². The molecular formula is C15H23BrN2O. The molecule has 2 atom stereocenters. The van der Waals surface area contributed by atoms with Crippen LogP contribution in [0.4, 0.5) is 5.69 Å². The molecule has 1 aromatic carbocycles. The first-order valence-corrected chi connectivity index (χ1v) is 7.66. The van der Waals surface area contributed by atoms with Crippen molar-refractivity contribution >= 4 is 21.6 Å². The van der Waals surface area contributed by atoms with Gasteiger partial charge >= 0.3 is 0 Å². The molecule has 1 saturated heterocycles.